The first-order chi connectivity index (χ1) is 15.9. The number of benzene rings is 1. The summed E-state index contributed by atoms with van der Waals surface area (Å²) in [5.41, 5.74) is 10.6. The van der Waals surface area contributed by atoms with E-state index >= 15 is 0 Å². The topological polar surface area (TPSA) is 125 Å². The molecule has 10 heteroatoms. The number of hydrogen-bond acceptors (Lipinski definition) is 7. The Balaban J connectivity index is 1.77. The molecule has 4 aromatic rings. The van der Waals surface area contributed by atoms with Crippen molar-refractivity contribution in [1.82, 2.24) is 24.2 Å². The van der Waals surface area contributed by atoms with E-state index in [4.69, 9.17) is 15.5 Å². The van der Waals surface area contributed by atoms with Gasteiger partial charge in [0.2, 0.25) is 10.0 Å². The summed E-state index contributed by atoms with van der Waals surface area (Å²) in [6.45, 7) is 3.43. The number of imidazole rings is 1. The molecule has 3 aromatic heterocycles. The minimum Gasteiger partial charge on any atom is -0.382 e. The van der Waals surface area contributed by atoms with E-state index in [0.29, 0.717) is 43.9 Å². The van der Waals surface area contributed by atoms with Gasteiger partial charge < -0.3 is 15.0 Å². The van der Waals surface area contributed by atoms with Gasteiger partial charge in [-0.3, -0.25) is 4.98 Å². The van der Waals surface area contributed by atoms with Crippen LogP contribution < -0.4 is 10.5 Å². The van der Waals surface area contributed by atoms with E-state index in [1.165, 1.54) is 7.05 Å². The average Bonchev–Trinajstić information content (AvgIpc) is 3.20. The molecule has 0 bridgehead atoms. The maximum Gasteiger partial charge on any atom is 0.211 e. The van der Waals surface area contributed by atoms with Crippen molar-refractivity contribution in [3.63, 3.8) is 0 Å². The van der Waals surface area contributed by atoms with Crippen molar-refractivity contribution >= 4 is 37.8 Å². The number of fused-ring (bicyclic) bond motifs is 3. The Morgan fingerprint density at radius 1 is 1.15 bits per heavy atom. The van der Waals surface area contributed by atoms with Crippen LogP contribution in [0.2, 0.25) is 0 Å². The zero-order valence-corrected chi connectivity index (χ0v) is 19.6. The summed E-state index contributed by atoms with van der Waals surface area (Å²) in [6.07, 6.45) is 4.75. The highest BCUT2D eigenvalue weighted by atomic mass is 32.2. The fourth-order valence-corrected chi connectivity index (χ4v) is 4.67. The molecule has 4 rings (SSSR count). The van der Waals surface area contributed by atoms with Crippen molar-refractivity contribution in [3.05, 3.63) is 48.5 Å². The van der Waals surface area contributed by atoms with Gasteiger partial charge in [0.1, 0.15) is 17.9 Å². The molecular weight excluding hydrogens is 440 g/mol. The second-order valence-electron chi connectivity index (χ2n) is 7.71. The van der Waals surface area contributed by atoms with Gasteiger partial charge in [0.25, 0.3) is 0 Å². The molecule has 0 unspecified atom stereocenters. The number of nitrogens with one attached hydrogen (secondary N) is 1. The summed E-state index contributed by atoms with van der Waals surface area (Å²) < 4.78 is 33.6. The van der Waals surface area contributed by atoms with Crippen molar-refractivity contribution < 1.29 is 13.2 Å². The second kappa shape index (κ2) is 9.82. The van der Waals surface area contributed by atoms with Crippen LogP contribution in [0.15, 0.2) is 42.7 Å². The van der Waals surface area contributed by atoms with E-state index in [2.05, 4.69) is 19.3 Å². The van der Waals surface area contributed by atoms with Crippen molar-refractivity contribution in [2.24, 2.45) is 0 Å². The van der Waals surface area contributed by atoms with Crippen LogP contribution in [0.5, 0.6) is 0 Å². The molecule has 0 aliphatic carbocycles. The highest BCUT2D eigenvalue weighted by Crippen LogP contribution is 2.32. The minimum absolute atomic E-state index is 0.0792. The van der Waals surface area contributed by atoms with Crippen molar-refractivity contribution in [2.75, 3.05) is 25.1 Å². The van der Waals surface area contributed by atoms with E-state index in [-0.39, 0.29) is 5.75 Å². The van der Waals surface area contributed by atoms with E-state index in [9.17, 15) is 8.42 Å². The monoisotopic (exact) mass is 468 g/mol. The van der Waals surface area contributed by atoms with Gasteiger partial charge >= 0.3 is 0 Å². The predicted molar refractivity (Wildman–Crippen MR) is 130 cm³/mol. The number of nitrogen functional groups attached to an aromatic ring is 1. The first-order valence-electron chi connectivity index (χ1n) is 10.9. The zero-order valence-electron chi connectivity index (χ0n) is 18.8. The fraction of sp³-hybridized carbons (Fsp3) is 0.348. The van der Waals surface area contributed by atoms with E-state index in [1.54, 1.807) is 6.20 Å². The third-order valence-electron chi connectivity index (χ3n) is 5.57. The lowest BCUT2D eigenvalue weighted by Gasteiger charge is -2.12. The first kappa shape index (κ1) is 23.1. The molecule has 174 valence electrons. The maximum atomic E-state index is 11.8. The maximum absolute atomic E-state index is 11.8. The van der Waals surface area contributed by atoms with Gasteiger partial charge in [0.15, 0.2) is 5.82 Å². The number of sulfonamides is 1. The van der Waals surface area contributed by atoms with E-state index in [1.807, 2.05) is 43.5 Å². The number of aryl methyl sites for hydroxylation is 1. The third kappa shape index (κ3) is 4.97. The van der Waals surface area contributed by atoms with Crippen LogP contribution >= 0.6 is 0 Å². The number of pyridine rings is 2. The molecule has 0 saturated heterocycles. The largest absolute Gasteiger partial charge is 0.382 e. The number of anilines is 1. The van der Waals surface area contributed by atoms with Gasteiger partial charge in [-0.1, -0.05) is 18.2 Å². The van der Waals surface area contributed by atoms with Crippen molar-refractivity contribution in [1.29, 1.82) is 0 Å². The van der Waals surface area contributed by atoms with E-state index in [0.717, 1.165) is 33.4 Å². The van der Waals surface area contributed by atoms with Crippen LogP contribution in [0, 0.1) is 0 Å². The average molecular weight is 469 g/mol. The summed E-state index contributed by atoms with van der Waals surface area (Å²) >= 11 is 0. The fourth-order valence-electron chi connectivity index (χ4n) is 3.88. The van der Waals surface area contributed by atoms with Crippen LogP contribution in [0.3, 0.4) is 0 Å². The molecule has 9 nitrogen and oxygen atoms in total. The van der Waals surface area contributed by atoms with Crippen molar-refractivity contribution in [2.45, 2.75) is 32.9 Å². The van der Waals surface area contributed by atoms with Crippen LogP contribution in [-0.2, 0) is 27.9 Å². The summed E-state index contributed by atoms with van der Waals surface area (Å²) in [5.74, 6) is 1.19. The van der Waals surface area contributed by atoms with Crippen LogP contribution in [0.1, 0.15) is 25.6 Å². The lowest BCUT2D eigenvalue weighted by molar-refractivity contribution is 0.126. The smallest absolute Gasteiger partial charge is 0.211 e. The second-order valence-corrected chi connectivity index (χ2v) is 9.76. The standard InChI is InChI=1S/C23H28N6O3S/c1-3-32-15-20-28-21-22(29(20)11-4-5-12-33(30,31)25-2)18-9-8-16(13-19(18)27-23(21)24)17-7-6-10-26-14-17/h6-10,13-14,25H,3-5,11-12,15H2,1-2H3,(H2,24,27). The minimum atomic E-state index is -3.23. The first-order valence-corrected chi connectivity index (χ1v) is 12.6. The Morgan fingerprint density at radius 3 is 2.73 bits per heavy atom. The quantitative estimate of drug-likeness (QED) is 0.343. The summed E-state index contributed by atoms with van der Waals surface area (Å²) in [6, 6.07) is 9.96. The molecule has 33 heavy (non-hydrogen) atoms. The van der Waals surface area contributed by atoms with Gasteiger partial charge in [-0.05, 0) is 44.5 Å². The number of aromatic nitrogens is 4. The summed E-state index contributed by atoms with van der Waals surface area (Å²) in [4.78, 5) is 13.6. The van der Waals surface area contributed by atoms with E-state index < -0.39 is 10.0 Å². The SMILES string of the molecule is CCOCc1nc2c(N)nc3cc(-c4cccnc4)ccc3c2n1CCCCS(=O)(=O)NC. The molecule has 0 fully saturated rings. The Hall–Kier alpha value is -3.08. The molecule has 0 atom stereocenters. The Morgan fingerprint density at radius 2 is 2.00 bits per heavy atom. The number of nitrogens with two attached hydrogens (primary N) is 1. The Bertz CT molecular complexity index is 1370. The molecule has 0 aliphatic heterocycles. The van der Waals surface area contributed by atoms with Gasteiger partial charge in [-0.2, -0.15) is 0 Å². The van der Waals surface area contributed by atoms with Gasteiger partial charge in [0.05, 0.1) is 16.8 Å². The van der Waals surface area contributed by atoms with Gasteiger partial charge in [-0.15, -0.1) is 0 Å². The lowest BCUT2D eigenvalue weighted by Crippen LogP contribution is -2.22. The van der Waals surface area contributed by atoms with Crippen LogP contribution in [0.25, 0.3) is 33.1 Å². The summed E-state index contributed by atoms with van der Waals surface area (Å²) in [7, 11) is -1.80. The van der Waals surface area contributed by atoms with Crippen LogP contribution in [-0.4, -0.2) is 47.3 Å². The molecule has 1 aromatic carbocycles. The number of hydrogen-bond donors (Lipinski definition) is 2. The molecule has 3 heterocycles. The molecule has 0 saturated carbocycles. The molecule has 0 amide bonds. The predicted octanol–water partition coefficient (Wildman–Crippen LogP) is 3.09. The molecule has 0 spiro atoms. The lowest BCUT2D eigenvalue weighted by atomic mass is 10.0. The summed E-state index contributed by atoms with van der Waals surface area (Å²) in [5, 5.41) is 0.935. The van der Waals surface area contributed by atoms with Crippen LogP contribution in [0.4, 0.5) is 5.82 Å². The normalized spacial score (nSPS) is 12.1. The number of rotatable bonds is 10. The molecular formula is C23H28N6O3S. The Labute approximate surface area is 193 Å². The molecule has 0 radical (unpaired) electrons. The number of ether oxygens (including phenoxy) is 1. The highest BCUT2D eigenvalue weighted by Gasteiger charge is 2.18. The van der Waals surface area contributed by atoms with Gasteiger partial charge in [0, 0.05) is 36.5 Å². The van der Waals surface area contributed by atoms with Crippen molar-refractivity contribution in [3.8, 4) is 11.1 Å². The Kier molecular flexibility index (Phi) is 6.87. The number of nitrogens with zero attached hydrogens (tertiary/aromatic N) is 4. The van der Waals surface area contributed by atoms with Gasteiger partial charge in [-0.25, -0.2) is 23.1 Å². The third-order valence-corrected chi connectivity index (χ3v) is 7.02. The molecule has 0 aliphatic rings. The molecule has 3 N–H and O–H groups in total. The number of unbranched alkanes of at least 4 members (excludes halogenated alkanes) is 1. The highest BCUT2D eigenvalue weighted by molar-refractivity contribution is 7.89. The zero-order chi connectivity index (χ0) is 23.4.